The van der Waals surface area contributed by atoms with Gasteiger partial charge in [-0.1, -0.05) is 26.0 Å². The van der Waals surface area contributed by atoms with Gasteiger partial charge in [0.25, 0.3) is 0 Å². The fraction of sp³-hybridized carbons (Fsp3) is 0.600. The summed E-state index contributed by atoms with van der Waals surface area (Å²) in [5, 5.41) is 9.22. The molecule has 1 aromatic carbocycles. The first kappa shape index (κ1) is 15.5. The van der Waals surface area contributed by atoms with Crippen molar-refractivity contribution in [2.24, 2.45) is 5.92 Å². The Bertz CT molecular complexity index is 537. The quantitative estimate of drug-likeness (QED) is 0.927. The van der Waals surface area contributed by atoms with Gasteiger partial charge in [-0.2, -0.15) is 4.31 Å². The van der Waals surface area contributed by atoms with E-state index in [-0.39, 0.29) is 12.5 Å². The summed E-state index contributed by atoms with van der Waals surface area (Å²) in [7, 11) is -3.43. The molecular weight excluding hydrogens is 274 g/mol. The normalized spacial score (nSPS) is 21.3. The fourth-order valence-corrected chi connectivity index (χ4v) is 4.12. The topological polar surface area (TPSA) is 57.6 Å². The van der Waals surface area contributed by atoms with Crippen molar-refractivity contribution < 1.29 is 13.5 Å². The molecule has 1 aromatic rings. The van der Waals surface area contributed by atoms with Crippen LogP contribution in [0.5, 0.6) is 0 Å². The van der Waals surface area contributed by atoms with Crippen LogP contribution in [0.2, 0.25) is 0 Å². The van der Waals surface area contributed by atoms with Crippen LogP contribution in [-0.2, 0) is 10.0 Å². The first-order valence-corrected chi connectivity index (χ1v) is 8.60. The molecule has 0 aliphatic carbocycles. The van der Waals surface area contributed by atoms with Gasteiger partial charge in [0.05, 0.1) is 4.90 Å². The van der Waals surface area contributed by atoms with Gasteiger partial charge >= 0.3 is 0 Å². The number of rotatable bonds is 4. The third-order valence-corrected chi connectivity index (χ3v) is 5.80. The predicted octanol–water partition coefficient (Wildman–Crippen LogP) is 2.20. The molecule has 1 fully saturated rings. The molecule has 112 valence electrons. The molecule has 1 unspecified atom stereocenters. The highest BCUT2D eigenvalue weighted by atomic mass is 32.2. The molecule has 1 aliphatic rings. The number of aliphatic hydroxyl groups excluding tert-OH is 1. The standard InChI is InChI=1S/C15H23NO3S/c1-12(2)14-5-7-15(8-6-14)20(18,19)16-9-3-4-13(10-16)11-17/h5-8,12-13,17H,3-4,9-11H2,1-2H3. The number of piperidine rings is 1. The summed E-state index contributed by atoms with van der Waals surface area (Å²) in [5.74, 6) is 0.453. The Labute approximate surface area is 121 Å². The van der Waals surface area contributed by atoms with Gasteiger partial charge in [0, 0.05) is 19.7 Å². The van der Waals surface area contributed by atoms with E-state index in [1.54, 1.807) is 12.1 Å². The average molecular weight is 297 g/mol. The summed E-state index contributed by atoms with van der Waals surface area (Å²) in [6.07, 6.45) is 1.71. The van der Waals surface area contributed by atoms with Crippen molar-refractivity contribution in [2.45, 2.75) is 37.5 Å². The lowest BCUT2D eigenvalue weighted by molar-refractivity contribution is 0.165. The molecule has 0 amide bonds. The van der Waals surface area contributed by atoms with Gasteiger partial charge in [-0.15, -0.1) is 0 Å². The number of hydrogen-bond acceptors (Lipinski definition) is 3. The molecular formula is C15H23NO3S. The molecule has 4 nitrogen and oxygen atoms in total. The number of nitrogens with zero attached hydrogens (tertiary/aromatic N) is 1. The number of hydrogen-bond donors (Lipinski definition) is 1. The molecule has 0 saturated carbocycles. The van der Waals surface area contributed by atoms with Gasteiger partial charge in [-0.05, 0) is 42.4 Å². The minimum atomic E-state index is -3.43. The van der Waals surface area contributed by atoms with Crippen molar-refractivity contribution in [2.75, 3.05) is 19.7 Å². The van der Waals surface area contributed by atoms with E-state index in [4.69, 9.17) is 0 Å². The minimum Gasteiger partial charge on any atom is -0.396 e. The lowest BCUT2D eigenvalue weighted by Gasteiger charge is -2.31. The van der Waals surface area contributed by atoms with Crippen molar-refractivity contribution in [1.82, 2.24) is 4.31 Å². The van der Waals surface area contributed by atoms with E-state index in [2.05, 4.69) is 13.8 Å². The van der Waals surface area contributed by atoms with E-state index in [1.165, 1.54) is 4.31 Å². The third kappa shape index (κ3) is 3.22. The van der Waals surface area contributed by atoms with Crippen LogP contribution in [0.4, 0.5) is 0 Å². The summed E-state index contributed by atoms with van der Waals surface area (Å²) < 4.78 is 26.7. The van der Waals surface area contributed by atoms with Crippen molar-refractivity contribution in [3.05, 3.63) is 29.8 Å². The molecule has 2 rings (SSSR count). The molecule has 1 heterocycles. The second-order valence-corrected chi connectivity index (χ2v) is 7.72. The Morgan fingerprint density at radius 1 is 1.30 bits per heavy atom. The molecule has 5 heteroatoms. The van der Waals surface area contributed by atoms with Gasteiger partial charge in [-0.25, -0.2) is 8.42 Å². The highest BCUT2D eigenvalue weighted by molar-refractivity contribution is 7.89. The monoisotopic (exact) mass is 297 g/mol. The van der Waals surface area contributed by atoms with Gasteiger partial charge < -0.3 is 5.11 Å². The first-order valence-electron chi connectivity index (χ1n) is 7.16. The van der Waals surface area contributed by atoms with E-state index in [0.29, 0.717) is 23.9 Å². The van der Waals surface area contributed by atoms with Gasteiger partial charge in [-0.3, -0.25) is 0 Å². The average Bonchev–Trinajstić information content (AvgIpc) is 2.47. The Morgan fingerprint density at radius 3 is 2.50 bits per heavy atom. The van der Waals surface area contributed by atoms with E-state index >= 15 is 0 Å². The fourth-order valence-electron chi connectivity index (χ4n) is 2.57. The van der Waals surface area contributed by atoms with Gasteiger partial charge in [0.2, 0.25) is 10.0 Å². The molecule has 1 saturated heterocycles. The van der Waals surface area contributed by atoms with Crippen molar-refractivity contribution >= 4 is 10.0 Å². The smallest absolute Gasteiger partial charge is 0.243 e. The van der Waals surface area contributed by atoms with Crippen LogP contribution in [0.1, 0.15) is 38.2 Å². The van der Waals surface area contributed by atoms with E-state index in [9.17, 15) is 13.5 Å². The third-order valence-electron chi connectivity index (χ3n) is 3.92. The van der Waals surface area contributed by atoms with E-state index in [1.807, 2.05) is 12.1 Å². The lowest BCUT2D eigenvalue weighted by atomic mass is 10.0. The highest BCUT2D eigenvalue weighted by Gasteiger charge is 2.29. The zero-order valence-corrected chi connectivity index (χ0v) is 12.9. The zero-order chi connectivity index (χ0) is 14.8. The lowest BCUT2D eigenvalue weighted by Crippen LogP contribution is -2.40. The van der Waals surface area contributed by atoms with Crippen molar-refractivity contribution in [3.63, 3.8) is 0 Å². The second kappa shape index (κ2) is 6.24. The Morgan fingerprint density at radius 2 is 1.95 bits per heavy atom. The summed E-state index contributed by atoms with van der Waals surface area (Å²) in [5.41, 5.74) is 1.14. The molecule has 0 spiro atoms. The molecule has 1 atom stereocenters. The summed E-state index contributed by atoms with van der Waals surface area (Å²) >= 11 is 0. The Balaban J connectivity index is 2.21. The minimum absolute atomic E-state index is 0.0539. The largest absolute Gasteiger partial charge is 0.396 e. The predicted molar refractivity (Wildman–Crippen MR) is 79.1 cm³/mol. The van der Waals surface area contributed by atoms with Crippen LogP contribution >= 0.6 is 0 Å². The summed E-state index contributed by atoms with van der Waals surface area (Å²) in [4.78, 5) is 0.348. The Kier molecular flexibility index (Phi) is 4.83. The molecule has 0 aromatic heterocycles. The molecule has 20 heavy (non-hydrogen) atoms. The maximum atomic E-state index is 12.6. The maximum Gasteiger partial charge on any atom is 0.243 e. The SMILES string of the molecule is CC(C)c1ccc(S(=O)(=O)N2CCCC(CO)C2)cc1. The highest BCUT2D eigenvalue weighted by Crippen LogP contribution is 2.24. The second-order valence-electron chi connectivity index (χ2n) is 5.78. The van der Waals surface area contributed by atoms with E-state index < -0.39 is 10.0 Å². The molecule has 0 bridgehead atoms. The van der Waals surface area contributed by atoms with Crippen LogP contribution in [0, 0.1) is 5.92 Å². The molecule has 0 radical (unpaired) electrons. The summed E-state index contributed by atoms with van der Waals surface area (Å²) in [6.45, 7) is 5.19. The van der Waals surface area contributed by atoms with Crippen LogP contribution in [-0.4, -0.2) is 37.5 Å². The van der Waals surface area contributed by atoms with Crippen LogP contribution < -0.4 is 0 Å². The number of sulfonamides is 1. The molecule has 1 N–H and O–H groups in total. The van der Waals surface area contributed by atoms with Crippen molar-refractivity contribution in [3.8, 4) is 0 Å². The Hall–Kier alpha value is -0.910. The summed E-state index contributed by atoms with van der Waals surface area (Å²) in [6, 6.07) is 7.14. The van der Waals surface area contributed by atoms with Crippen LogP contribution in [0.3, 0.4) is 0 Å². The van der Waals surface area contributed by atoms with E-state index in [0.717, 1.165) is 18.4 Å². The number of aliphatic hydroxyl groups is 1. The maximum absolute atomic E-state index is 12.6. The first-order chi connectivity index (χ1) is 9.45. The van der Waals surface area contributed by atoms with Crippen LogP contribution in [0.15, 0.2) is 29.2 Å². The van der Waals surface area contributed by atoms with Gasteiger partial charge in [0.1, 0.15) is 0 Å². The van der Waals surface area contributed by atoms with Crippen molar-refractivity contribution in [1.29, 1.82) is 0 Å². The zero-order valence-electron chi connectivity index (χ0n) is 12.1. The number of benzene rings is 1. The van der Waals surface area contributed by atoms with Gasteiger partial charge in [0.15, 0.2) is 0 Å². The molecule has 1 aliphatic heterocycles. The van der Waals surface area contributed by atoms with Crippen LogP contribution in [0.25, 0.3) is 0 Å².